The summed E-state index contributed by atoms with van der Waals surface area (Å²) < 4.78 is 0. The van der Waals surface area contributed by atoms with Gasteiger partial charge in [0, 0.05) is 18.9 Å². The third-order valence-electron chi connectivity index (χ3n) is 2.67. The van der Waals surface area contributed by atoms with Gasteiger partial charge in [0.15, 0.2) is 5.57 Å². The Hall–Kier alpha value is -0.610. The Labute approximate surface area is 103 Å². The van der Waals surface area contributed by atoms with Crippen LogP contribution in [-0.2, 0) is 0 Å². The van der Waals surface area contributed by atoms with Crippen LogP contribution in [-0.4, -0.2) is 0 Å². The largest absolute Gasteiger partial charge is 0.169 e. The third kappa shape index (κ3) is 6.80. The van der Waals surface area contributed by atoms with Crippen molar-refractivity contribution in [2.75, 3.05) is 0 Å². The first-order valence-electron chi connectivity index (χ1n) is 7.09. The molecular formula is C16H29+. The van der Waals surface area contributed by atoms with Gasteiger partial charge in [0.25, 0.3) is 0 Å². The van der Waals surface area contributed by atoms with Gasteiger partial charge in [-0.05, 0) is 25.7 Å². The molecule has 0 rings (SSSR count). The van der Waals surface area contributed by atoms with Crippen molar-refractivity contribution in [3.05, 3.63) is 23.3 Å². The van der Waals surface area contributed by atoms with Gasteiger partial charge in [-0.3, -0.25) is 0 Å². The highest BCUT2D eigenvalue weighted by atomic mass is 14.1. The van der Waals surface area contributed by atoms with E-state index in [-0.39, 0.29) is 0 Å². The van der Waals surface area contributed by atoms with E-state index >= 15 is 0 Å². The molecule has 0 nitrogen and oxygen atoms in total. The molecule has 0 aliphatic rings. The molecule has 0 amide bonds. The van der Waals surface area contributed by atoms with Crippen molar-refractivity contribution in [3.8, 4) is 0 Å². The predicted octanol–water partition coefficient (Wildman–Crippen LogP) is 5.84. The van der Waals surface area contributed by atoms with Crippen LogP contribution in [0.3, 0.4) is 0 Å². The molecule has 0 heterocycles. The Kier molecular flexibility index (Phi) is 10.5. The minimum Gasteiger partial charge on any atom is -0.0650 e. The van der Waals surface area contributed by atoms with Crippen LogP contribution >= 0.6 is 0 Å². The van der Waals surface area contributed by atoms with Gasteiger partial charge >= 0.3 is 0 Å². The summed E-state index contributed by atoms with van der Waals surface area (Å²) in [5, 5.41) is 0. The molecule has 0 aliphatic carbocycles. The maximum atomic E-state index is 3.61. The molecule has 0 spiro atoms. The van der Waals surface area contributed by atoms with Gasteiger partial charge in [0.05, 0.1) is 18.1 Å². The van der Waals surface area contributed by atoms with Crippen LogP contribution in [0.2, 0.25) is 0 Å². The van der Waals surface area contributed by atoms with Crippen molar-refractivity contribution in [2.45, 2.75) is 79.1 Å². The predicted molar refractivity (Wildman–Crippen MR) is 74.5 cm³/mol. The normalized spacial score (nSPS) is 12.8. The number of hydrogen-bond acceptors (Lipinski definition) is 0. The van der Waals surface area contributed by atoms with E-state index < -0.39 is 0 Å². The first-order valence-corrected chi connectivity index (χ1v) is 7.09. The van der Waals surface area contributed by atoms with E-state index in [1.54, 1.807) is 5.57 Å². The van der Waals surface area contributed by atoms with Gasteiger partial charge in [-0.2, -0.15) is 0 Å². The zero-order valence-corrected chi connectivity index (χ0v) is 11.7. The molecule has 0 bridgehead atoms. The second-order valence-corrected chi connectivity index (χ2v) is 4.42. The van der Waals surface area contributed by atoms with E-state index in [1.807, 2.05) is 0 Å². The molecule has 0 aromatic carbocycles. The second-order valence-electron chi connectivity index (χ2n) is 4.42. The maximum absolute atomic E-state index is 3.61. The molecule has 0 aliphatic heterocycles. The van der Waals surface area contributed by atoms with Crippen molar-refractivity contribution in [2.24, 2.45) is 0 Å². The summed E-state index contributed by atoms with van der Waals surface area (Å²) in [7, 11) is 0. The van der Waals surface area contributed by atoms with Crippen LogP contribution in [0.1, 0.15) is 79.1 Å². The van der Waals surface area contributed by atoms with E-state index in [4.69, 9.17) is 0 Å². The molecule has 0 atom stereocenters. The average Bonchev–Trinajstić information content (AvgIpc) is 2.30. The molecule has 0 saturated carbocycles. The van der Waals surface area contributed by atoms with Crippen molar-refractivity contribution in [3.63, 3.8) is 0 Å². The molecule has 0 fully saturated rings. The van der Waals surface area contributed by atoms with Crippen molar-refractivity contribution >= 4 is 0 Å². The second kappa shape index (κ2) is 10.9. The van der Waals surface area contributed by atoms with Gasteiger partial charge in [0.1, 0.15) is 0 Å². The lowest BCUT2D eigenvalue weighted by Gasteiger charge is -2.00. The molecule has 0 aromatic heterocycles. The van der Waals surface area contributed by atoms with E-state index in [9.17, 15) is 0 Å². The van der Waals surface area contributed by atoms with Crippen LogP contribution < -0.4 is 0 Å². The van der Waals surface area contributed by atoms with Gasteiger partial charge in [-0.25, -0.2) is 0 Å². The lowest BCUT2D eigenvalue weighted by molar-refractivity contribution is 0.818. The number of unbranched alkanes of at least 4 members (excludes halogenated alkanes) is 2. The number of hydrogen-bond donors (Lipinski definition) is 0. The van der Waals surface area contributed by atoms with E-state index in [0.717, 1.165) is 6.42 Å². The Morgan fingerprint density at radius 1 is 0.875 bits per heavy atom. The van der Waals surface area contributed by atoms with Crippen LogP contribution in [0, 0.1) is 6.08 Å². The summed E-state index contributed by atoms with van der Waals surface area (Å²) in [6, 6.07) is 0. The molecule has 0 saturated heterocycles. The van der Waals surface area contributed by atoms with Gasteiger partial charge in [-0.1, -0.05) is 34.1 Å². The SMILES string of the molecule is CCC[C+]=C(CCC)C(=CCCC)CCC. The molecule has 0 unspecified atom stereocenters. The fourth-order valence-corrected chi connectivity index (χ4v) is 1.85. The Morgan fingerprint density at radius 2 is 1.56 bits per heavy atom. The average molecular weight is 221 g/mol. The molecule has 0 N–H and O–H groups in total. The maximum Gasteiger partial charge on any atom is 0.169 e. The van der Waals surface area contributed by atoms with Gasteiger partial charge < -0.3 is 0 Å². The fraction of sp³-hybridized carbons (Fsp3) is 0.750. The summed E-state index contributed by atoms with van der Waals surface area (Å²) in [6.07, 6.45) is 15.8. The molecule has 0 aromatic rings. The van der Waals surface area contributed by atoms with E-state index in [0.29, 0.717) is 0 Å². The standard InChI is InChI=1S/C16H29/c1-5-9-13-15(11-7-3)16(12-8-4)14-10-6-2/h13H,5-12H2,1-4H3/q+1. The first kappa shape index (κ1) is 15.4. The Bertz CT molecular complexity index is 184. The highest BCUT2D eigenvalue weighted by Gasteiger charge is 2.14. The smallest absolute Gasteiger partial charge is 0.0650 e. The summed E-state index contributed by atoms with van der Waals surface area (Å²) >= 11 is 0. The quantitative estimate of drug-likeness (QED) is 0.339. The fourth-order valence-electron chi connectivity index (χ4n) is 1.85. The zero-order chi connectivity index (χ0) is 12.2. The summed E-state index contributed by atoms with van der Waals surface area (Å²) in [6.45, 7) is 9.00. The van der Waals surface area contributed by atoms with E-state index in [1.165, 1.54) is 50.5 Å². The van der Waals surface area contributed by atoms with Crippen molar-refractivity contribution < 1.29 is 0 Å². The third-order valence-corrected chi connectivity index (χ3v) is 2.67. The summed E-state index contributed by atoms with van der Waals surface area (Å²) in [5.41, 5.74) is 3.07. The summed E-state index contributed by atoms with van der Waals surface area (Å²) in [4.78, 5) is 0. The topological polar surface area (TPSA) is 0 Å². The molecule has 92 valence electrons. The van der Waals surface area contributed by atoms with E-state index in [2.05, 4.69) is 39.8 Å². The molecule has 16 heavy (non-hydrogen) atoms. The molecule has 0 heteroatoms. The van der Waals surface area contributed by atoms with Crippen molar-refractivity contribution in [1.29, 1.82) is 0 Å². The molecular weight excluding hydrogens is 192 g/mol. The summed E-state index contributed by atoms with van der Waals surface area (Å²) in [5.74, 6) is 0. The molecule has 0 radical (unpaired) electrons. The van der Waals surface area contributed by atoms with Crippen molar-refractivity contribution in [1.82, 2.24) is 0 Å². The zero-order valence-electron chi connectivity index (χ0n) is 11.7. The monoisotopic (exact) mass is 221 g/mol. The van der Waals surface area contributed by atoms with Crippen LogP contribution in [0.5, 0.6) is 0 Å². The highest BCUT2D eigenvalue weighted by molar-refractivity contribution is 5.28. The Morgan fingerprint density at radius 3 is 2.06 bits per heavy atom. The van der Waals surface area contributed by atoms with Crippen LogP contribution in [0.4, 0.5) is 0 Å². The van der Waals surface area contributed by atoms with Gasteiger partial charge in [0.2, 0.25) is 0 Å². The van der Waals surface area contributed by atoms with Crippen LogP contribution in [0.25, 0.3) is 0 Å². The minimum atomic E-state index is 1.11. The highest BCUT2D eigenvalue weighted by Crippen LogP contribution is 2.22. The lowest BCUT2D eigenvalue weighted by Crippen LogP contribution is -1.92. The van der Waals surface area contributed by atoms with Crippen LogP contribution in [0.15, 0.2) is 17.2 Å². The number of rotatable bonds is 9. The Balaban J connectivity index is 4.64. The lowest BCUT2D eigenvalue weighted by atomic mass is 9.95. The van der Waals surface area contributed by atoms with Gasteiger partial charge in [-0.15, -0.1) is 0 Å². The minimum absolute atomic E-state index is 1.11. The number of allylic oxidation sites excluding steroid dienone is 4. The first-order chi connectivity index (χ1) is 7.79.